The summed E-state index contributed by atoms with van der Waals surface area (Å²) in [5.41, 5.74) is 0.431. The first-order valence-electron chi connectivity index (χ1n) is 5.94. The number of carbonyl (C=O) groups is 1. The first-order valence-corrected chi connectivity index (χ1v) is 6.75. The summed E-state index contributed by atoms with van der Waals surface area (Å²) in [5, 5.41) is 4.21. The van der Waals surface area contributed by atoms with Crippen LogP contribution in [-0.2, 0) is 4.74 Å². The molecule has 0 amide bonds. The second kappa shape index (κ2) is 5.04. The van der Waals surface area contributed by atoms with Crippen molar-refractivity contribution in [2.75, 3.05) is 12.4 Å². The maximum absolute atomic E-state index is 11.4. The number of thiazole rings is 1. The number of rotatable bonds is 4. The lowest BCUT2D eigenvalue weighted by Gasteiger charge is -2.31. The van der Waals surface area contributed by atoms with Crippen molar-refractivity contribution in [3.8, 4) is 0 Å². The Hall–Kier alpha value is -1.10. The normalized spacial score (nSPS) is 17.4. The van der Waals surface area contributed by atoms with Gasteiger partial charge in [0.05, 0.1) is 7.11 Å². The van der Waals surface area contributed by atoms with Crippen molar-refractivity contribution < 1.29 is 9.53 Å². The number of anilines is 1. The average molecular weight is 254 g/mol. The molecule has 17 heavy (non-hydrogen) atoms. The summed E-state index contributed by atoms with van der Waals surface area (Å²) in [6.45, 7) is 4.07. The monoisotopic (exact) mass is 254 g/mol. The van der Waals surface area contributed by atoms with Gasteiger partial charge in [-0.2, -0.15) is 0 Å². The molecule has 5 heteroatoms. The zero-order chi connectivity index (χ0) is 12.4. The van der Waals surface area contributed by atoms with Gasteiger partial charge in [0.15, 0.2) is 10.8 Å². The van der Waals surface area contributed by atoms with Gasteiger partial charge in [0, 0.05) is 10.9 Å². The van der Waals surface area contributed by atoms with Crippen molar-refractivity contribution in [2.24, 2.45) is 5.92 Å². The fourth-order valence-electron chi connectivity index (χ4n) is 2.00. The maximum Gasteiger partial charge on any atom is 0.357 e. The van der Waals surface area contributed by atoms with Gasteiger partial charge in [-0.25, -0.2) is 9.78 Å². The van der Waals surface area contributed by atoms with Crippen molar-refractivity contribution in [1.29, 1.82) is 0 Å². The van der Waals surface area contributed by atoms with E-state index in [2.05, 4.69) is 17.2 Å². The number of nitrogens with one attached hydrogen (secondary N) is 1. The summed E-state index contributed by atoms with van der Waals surface area (Å²) < 4.78 is 4.69. The summed E-state index contributed by atoms with van der Waals surface area (Å²) in [6, 6.07) is 0.430. The molecule has 0 radical (unpaired) electrons. The Bertz CT molecular complexity index is 413. The molecule has 1 aliphatic carbocycles. The lowest BCUT2D eigenvalue weighted by atomic mass is 9.80. The highest BCUT2D eigenvalue weighted by molar-refractivity contribution is 7.15. The zero-order valence-electron chi connectivity index (χ0n) is 10.4. The van der Waals surface area contributed by atoms with E-state index < -0.39 is 0 Å². The topological polar surface area (TPSA) is 51.2 Å². The predicted octanol–water partition coefficient (Wildman–Crippen LogP) is 2.84. The number of ether oxygens (including phenoxy) is 1. The van der Waals surface area contributed by atoms with E-state index in [4.69, 9.17) is 4.74 Å². The van der Waals surface area contributed by atoms with Crippen molar-refractivity contribution in [3.05, 3.63) is 10.6 Å². The molecule has 1 fully saturated rings. The molecule has 1 saturated carbocycles. The van der Waals surface area contributed by atoms with Crippen LogP contribution in [0.15, 0.2) is 0 Å². The number of hydrogen-bond donors (Lipinski definition) is 1. The molecular formula is C12H18N2O2S. The van der Waals surface area contributed by atoms with Gasteiger partial charge < -0.3 is 10.1 Å². The standard InChI is InChI=1S/C12H18N2O2S/c1-7(9-5-4-6-9)13-12-14-10(8(2)17-12)11(15)16-3/h7,9H,4-6H2,1-3H3,(H,13,14). The van der Waals surface area contributed by atoms with Crippen molar-refractivity contribution >= 4 is 22.4 Å². The van der Waals surface area contributed by atoms with E-state index in [0.717, 1.165) is 15.9 Å². The van der Waals surface area contributed by atoms with E-state index in [1.54, 1.807) is 0 Å². The lowest BCUT2D eigenvalue weighted by Crippen LogP contribution is -2.30. The lowest BCUT2D eigenvalue weighted by molar-refractivity contribution is 0.0594. The van der Waals surface area contributed by atoms with Gasteiger partial charge in [0.1, 0.15) is 0 Å². The molecule has 0 spiro atoms. The predicted molar refractivity (Wildman–Crippen MR) is 68.6 cm³/mol. The molecule has 1 atom stereocenters. The zero-order valence-corrected chi connectivity index (χ0v) is 11.3. The Morgan fingerprint density at radius 1 is 1.59 bits per heavy atom. The van der Waals surface area contributed by atoms with E-state index in [1.165, 1.54) is 37.7 Å². The van der Waals surface area contributed by atoms with Crippen LogP contribution in [0, 0.1) is 12.8 Å². The second-order valence-electron chi connectivity index (χ2n) is 4.54. The summed E-state index contributed by atoms with van der Waals surface area (Å²) in [7, 11) is 1.38. The summed E-state index contributed by atoms with van der Waals surface area (Å²) in [5.74, 6) is 0.392. The number of aryl methyl sites for hydroxylation is 1. The Balaban J connectivity index is 2.03. The largest absolute Gasteiger partial charge is 0.464 e. The summed E-state index contributed by atoms with van der Waals surface area (Å²) >= 11 is 1.52. The number of esters is 1. The minimum atomic E-state index is -0.358. The fourth-order valence-corrected chi connectivity index (χ4v) is 2.89. The van der Waals surface area contributed by atoms with E-state index >= 15 is 0 Å². The molecule has 1 N–H and O–H groups in total. The molecule has 0 saturated heterocycles. The molecule has 0 bridgehead atoms. The second-order valence-corrected chi connectivity index (χ2v) is 5.74. The van der Waals surface area contributed by atoms with Gasteiger partial charge in [-0.05, 0) is 32.6 Å². The van der Waals surface area contributed by atoms with Crippen LogP contribution in [0.1, 0.15) is 41.6 Å². The van der Waals surface area contributed by atoms with E-state index in [1.807, 2.05) is 6.92 Å². The van der Waals surface area contributed by atoms with Crippen LogP contribution in [-0.4, -0.2) is 24.1 Å². The molecule has 1 aliphatic rings. The molecule has 2 rings (SSSR count). The van der Waals surface area contributed by atoms with E-state index in [0.29, 0.717) is 11.7 Å². The summed E-state index contributed by atoms with van der Waals surface area (Å²) in [4.78, 5) is 16.6. The van der Waals surface area contributed by atoms with Gasteiger partial charge in [0.25, 0.3) is 0 Å². The van der Waals surface area contributed by atoms with Crippen molar-refractivity contribution in [1.82, 2.24) is 4.98 Å². The molecule has 1 unspecified atom stereocenters. The quantitative estimate of drug-likeness (QED) is 0.839. The highest BCUT2D eigenvalue weighted by Gasteiger charge is 2.25. The smallest absolute Gasteiger partial charge is 0.357 e. The molecule has 4 nitrogen and oxygen atoms in total. The van der Waals surface area contributed by atoms with Crippen LogP contribution >= 0.6 is 11.3 Å². The number of nitrogens with zero attached hydrogens (tertiary/aromatic N) is 1. The Labute approximate surface area is 105 Å². The van der Waals surface area contributed by atoms with Crippen LogP contribution in [0.3, 0.4) is 0 Å². The molecule has 1 aromatic rings. The van der Waals surface area contributed by atoms with Gasteiger partial charge in [0.2, 0.25) is 0 Å². The Morgan fingerprint density at radius 2 is 2.29 bits per heavy atom. The molecule has 0 aromatic carbocycles. The molecule has 0 aliphatic heterocycles. The van der Waals surface area contributed by atoms with Crippen LogP contribution in [0.2, 0.25) is 0 Å². The highest BCUT2D eigenvalue weighted by atomic mass is 32.1. The fraction of sp³-hybridized carbons (Fsp3) is 0.667. The first-order chi connectivity index (χ1) is 8.11. The van der Waals surface area contributed by atoms with Gasteiger partial charge in [-0.15, -0.1) is 11.3 Å². The number of aromatic nitrogens is 1. The third-order valence-electron chi connectivity index (χ3n) is 3.38. The molecule has 94 valence electrons. The maximum atomic E-state index is 11.4. The third-order valence-corrected chi connectivity index (χ3v) is 4.29. The Morgan fingerprint density at radius 3 is 2.82 bits per heavy atom. The number of hydrogen-bond acceptors (Lipinski definition) is 5. The van der Waals surface area contributed by atoms with Crippen molar-refractivity contribution in [3.63, 3.8) is 0 Å². The van der Waals surface area contributed by atoms with Crippen LogP contribution in [0.4, 0.5) is 5.13 Å². The summed E-state index contributed by atoms with van der Waals surface area (Å²) in [6.07, 6.45) is 3.92. The highest BCUT2D eigenvalue weighted by Crippen LogP contribution is 2.32. The molecule has 1 heterocycles. The van der Waals surface area contributed by atoms with Gasteiger partial charge in [-0.3, -0.25) is 0 Å². The minimum Gasteiger partial charge on any atom is -0.464 e. The van der Waals surface area contributed by atoms with Gasteiger partial charge in [-0.1, -0.05) is 6.42 Å². The first kappa shape index (κ1) is 12.4. The Kier molecular flexibility index (Phi) is 3.66. The average Bonchev–Trinajstić information content (AvgIpc) is 2.55. The molecule has 1 aromatic heterocycles. The number of methoxy groups -OCH3 is 1. The number of carbonyl (C=O) groups excluding carboxylic acids is 1. The van der Waals surface area contributed by atoms with Crippen LogP contribution in [0.5, 0.6) is 0 Å². The van der Waals surface area contributed by atoms with Crippen molar-refractivity contribution in [2.45, 2.75) is 39.2 Å². The van der Waals surface area contributed by atoms with Crippen LogP contribution in [0.25, 0.3) is 0 Å². The molecular weight excluding hydrogens is 236 g/mol. The van der Waals surface area contributed by atoms with E-state index in [9.17, 15) is 4.79 Å². The van der Waals surface area contributed by atoms with Gasteiger partial charge >= 0.3 is 5.97 Å². The van der Waals surface area contributed by atoms with E-state index in [-0.39, 0.29) is 5.97 Å². The minimum absolute atomic E-state index is 0.358. The van der Waals surface area contributed by atoms with Crippen LogP contribution < -0.4 is 5.32 Å². The SMILES string of the molecule is COC(=O)c1nc(NC(C)C2CCC2)sc1C. The third kappa shape index (κ3) is 2.60.